The van der Waals surface area contributed by atoms with Crippen LogP contribution in [-0.2, 0) is 33.6 Å². The Hall–Kier alpha value is -5.22. The van der Waals surface area contributed by atoms with Crippen molar-refractivity contribution in [2.45, 2.75) is 32.2 Å². The zero-order chi connectivity index (χ0) is 30.9. The lowest BCUT2D eigenvalue weighted by Gasteiger charge is -2.19. The number of esters is 1. The summed E-state index contributed by atoms with van der Waals surface area (Å²) in [6.45, 7) is 2.02. The van der Waals surface area contributed by atoms with Crippen LogP contribution in [0, 0.1) is 0 Å². The highest BCUT2D eigenvalue weighted by atomic mass is 35.5. The predicted octanol–water partition coefficient (Wildman–Crippen LogP) is 5.16. The number of carbonyl (C=O) groups is 2. The zero-order valence-corrected chi connectivity index (χ0v) is 25.0. The zero-order valence-electron chi connectivity index (χ0n) is 24.2. The van der Waals surface area contributed by atoms with E-state index in [1.165, 1.54) is 24.2 Å². The first kappa shape index (κ1) is 30.2. The van der Waals surface area contributed by atoms with Crippen LogP contribution in [0.15, 0.2) is 91.3 Å². The first-order valence-corrected chi connectivity index (χ1v) is 14.4. The Morgan fingerprint density at radius 3 is 2.50 bits per heavy atom. The second-order valence-corrected chi connectivity index (χ2v) is 10.4. The van der Waals surface area contributed by atoms with Crippen molar-refractivity contribution in [3.8, 4) is 16.8 Å². The fourth-order valence-electron chi connectivity index (χ4n) is 4.76. The Balaban J connectivity index is 1.44. The molecule has 11 heteroatoms. The van der Waals surface area contributed by atoms with Crippen molar-refractivity contribution < 1.29 is 14.3 Å². The van der Waals surface area contributed by atoms with Crippen molar-refractivity contribution in [2.24, 2.45) is 0 Å². The van der Waals surface area contributed by atoms with Gasteiger partial charge in [-0.3, -0.25) is 9.59 Å². The summed E-state index contributed by atoms with van der Waals surface area (Å²) in [5, 5.41) is 24.0. The van der Waals surface area contributed by atoms with Crippen LogP contribution in [0.2, 0.25) is 5.02 Å². The number of aryl methyl sites for hydroxylation is 1. The molecule has 44 heavy (non-hydrogen) atoms. The minimum absolute atomic E-state index is 0.197. The van der Waals surface area contributed by atoms with Gasteiger partial charge in [0.15, 0.2) is 0 Å². The van der Waals surface area contributed by atoms with Gasteiger partial charge < -0.3 is 10.1 Å². The number of hydrogen-bond acceptors (Lipinski definition) is 8. The van der Waals surface area contributed by atoms with Crippen molar-refractivity contribution in [3.05, 3.63) is 124 Å². The summed E-state index contributed by atoms with van der Waals surface area (Å²) >= 11 is 6.24. The summed E-state index contributed by atoms with van der Waals surface area (Å²) in [5.74, 6) is -0.612. The molecule has 0 fully saturated rings. The lowest BCUT2D eigenvalue weighted by Crippen LogP contribution is -2.29. The predicted molar refractivity (Wildman–Crippen MR) is 167 cm³/mol. The molecule has 1 amide bonds. The quantitative estimate of drug-likeness (QED) is 0.161. The highest BCUT2D eigenvalue weighted by Crippen LogP contribution is 2.27. The largest absolute Gasteiger partial charge is 0.469 e. The minimum atomic E-state index is -0.469. The maximum atomic E-state index is 13.3. The molecule has 2 heterocycles. The second kappa shape index (κ2) is 14.3. The molecule has 0 radical (unpaired) electrons. The molecule has 1 N–H and O–H groups in total. The van der Waals surface area contributed by atoms with Gasteiger partial charge in [-0.25, -0.2) is 0 Å². The van der Waals surface area contributed by atoms with Crippen molar-refractivity contribution in [1.82, 2.24) is 35.7 Å². The van der Waals surface area contributed by atoms with E-state index >= 15 is 0 Å². The molecule has 5 aromatic rings. The van der Waals surface area contributed by atoms with Crippen LogP contribution in [0.4, 0.5) is 0 Å². The van der Waals surface area contributed by atoms with Gasteiger partial charge in [-0.05, 0) is 70.3 Å². The van der Waals surface area contributed by atoms with E-state index in [1.54, 1.807) is 24.3 Å². The minimum Gasteiger partial charge on any atom is -0.469 e. The summed E-state index contributed by atoms with van der Waals surface area (Å²) < 4.78 is 6.29. The number of carbonyl (C=O) groups excluding carboxylic acids is 2. The number of benzene rings is 3. The molecule has 1 atom stereocenters. The fourth-order valence-corrected chi connectivity index (χ4v) is 4.94. The van der Waals surface area contributed by atoms with E-state index < -0.39 is 6.04 Å². The van der Waals surface area contributed by atoms with Crippen molar-refractivity contribution in [3.63, 3.8) is 0 Å². The molecular formula is C33H30ClN7O3. The Morgan fingerprint density at radius 2 is 1.80 bits per heavy atom. The molecule has 0 aliphatic heterocycles. The summed E-state index contributed by atoms with van der Waals surface area (Å²) in [6, 6.07) is 24.4. The molecule has 0 aliphatic rings. The van der Waals surface area contributed by atoms with Crippen LogP contribution in [0.25, 0.3) is 22.9 Å². The van der Waals surface area contributed by atoms with E-state index in [-0.39, 0.29) is 18.3 Å². The number of rotatable bonds is 11. The standard InChI is InChI=1S/C33H30ClN7O3/c1-3-28-27(24-11-9-23(10-12-24)18-33(43)44-2)20-30(38-37-28)29(17-22-7-5-4-6-8-22)36-32(42)16-13-25-19-26(34)14-15-31(25)41-21-35-39-40-41/h4-16,19-21,29H,3,17-18H2,1-2H3,(H,36,42)/b16-13+/t29-/m0/s1. The number of nitrogens with zero attached hydrogens (tertiary/aromatic N) is 6. The second-order valence-electron chi connectivity index (χ2n) is 9.97. The normalized spacial score (nSPS) is 11.8. The van der Waals surface area contributed by atoms with Crippen molar-refractivity contribution >= 4 is 29.6 Å². The van der Waals surface area contributed by atoms with Crippen LogP contribution < -0.4 is 5.32 Å². The smallest absolute Gasteiger partial charge is 0.309 e. The molecule has 0 bridgehead atoms. The van der Waals surface area contributed by atoms with E-state index in [1.807, 2.05) is 67.6 Å². The van der Waals surface area contributed by atoms with Crippen LogP contribution in [0.5, 0.6) is 0 Å². The van der Waals surface area contributed by atoms with Gasteiger partial charge in [-0.15, -0.1) is 5.10 Å². The summed E-state index contributed by atoms with van der Waals surface area (Å²) in [5.41, 5.74) is 6.53. The monoisotopic (exact) mass is 607 g/mol. The molecule has 0 spiro atoms. The molecular weight excluding hydrogens is 578 g/mol. The first-order valence-electron chi connectivity index (χ1n) is 14.0. The van der Waals surface area contributed by atoms with Gasteiger partial charge >= 0.3 is 5.97 Å². The SMILES string of the molecule is CCc1nnc([C@H](Cc2ccccc2)NC(=O)/C=C/c2cc(Cl)ccc2-n2cnnn2)cc1-c1ccc(CC(=O)OC)cc1. The Kier molecular flexibility index (Phi) is 9.83. The number of ether oxygens (including phenoxy) is 1. The van der Waals surface area contributed by atoms with E-state index in [0.29, 0.717) is 34.8 Å². The van der Waals surface area contributed by atoms with E-state index in [2.05, 4.69) is 31.0 Å². The number of tetrazole rings is 1. The fraction of sp³-hybridized carbons (Fsp3) is 0.182. The molecule has 3 aromatic carbocycles. The molecule has 0 saturated carbocycles. The maximum absolute atomic E-state index is 13.3. The third kappa shape index (κ3) is 7.59. The van der Waals surface area contributed by atoms with E-state index in [0.717, 1.165) is 27.9 Å². The number of hydrogen-bond donors (Lipinski definition) is 1. The summed E-state index contributed by atoms with van der Waals surface area (Å²) in [7, 11) is 1.38. The van der Waals surface area contributed by atoms with Crippen LogP contribution >= 0.6 is 11.6 Å². The molecule has 222 valence electrons. The van der Waals surface area contributed by atoms with Crippen molar-refractivity contribution in [2.75, 3.05) is 7.11 Å². The molecule has 0 saturated heterocycles. The maximum Gasteiger partial charge on any atom is 0.309 e. The highest BCUT2D eigenvalue weighted by Gasteiger charge is 2.19. The molecule has 10 nitrogen and oxygen atoms in total. The van der Waals surface area contributed by atoms with Gasteiger partial charge in [0.05, 0.1) is 36.6 Å². The average Bonchev–Trinajstić information content (AvgIpc) is 3.59. The highest BCUT2D eigenvalue weighted by molar-refractivity contribution is 6.30. The van der Waals surface area contributed by atoms with Gasteiger partial charge in [-0.2, -0.15) is 14.9 Å². The van der Waals surface area contributed by atoms with Gasteiger partial charge in [0.25, 0.3) is 0 Å². The molecule has 0 unspecified atom stereocenters. The third-order valence-electron chi connectivity index (χ3n) is 7.02. The number of aromatic nitrogens is 6. The number of nitrogens with one attached hydrogen (secondary N) is 1. The average molecular weight is 608 g/mol. The van der Waals surface area contributed by atoms with Gasteiger partial charge in [0, 0.05) is 22.2 Å². The Bertz CT molecular complexity index is 1760. The molecule has 0 aliphatic carbocycles. The van der Waals surface area contributed by atoms with Gasteiger partial charge in [-0.1, -0.05) is 73.1 Å². The lowest BCUT2D eigenvalue weighted by molar-refractivity contribution is -0.139. The lowest BCUT2D eigenvalue weighted by atomic mass is 9.97. The first-order chi connectivity index (χ1) is 21.4. The number of halogens is 1. The van der Waals surface area contributed by atoms with E-state index in [4.69, 9.17) is 16.3 Å². The molecule has 2 aromatic heterocycles. The summed E-state index contributed by atoms with van der Waals surface area (Å²) in [4.78, 5) is 25.0. The van der Waals surface area contributed by atoms with Crippen LogP contribution in [0.1, 0.15) is 41.0 Å². The number of methoxy groups -OCH3 is 1. The third-order valence-corrected chi connectivity index (χ3v) is 7.26. The Morgan fingerprint density at radius 1 is 1.00 bits per heavy atom. The van der Waals surface area contributed by atoms with Crippen LogP contribution in [-0.4, -0.2) is 49.4 Å². The van der Waals surface area contributed by atoms with Gasteiger partial charge in [0.2, 0.25) is 5.91 Å². The van der Waals surface area contributed by atoms with Crippen LogP contribution in [0.3, 0.4) is 0 Å². The number of amides is 1. The van der Waals surface area contributed by atoms with E-state index in [9.17, 15) is 9.59 Å². The summed E-state index contributed by atoms with van der Waals surface area (Å²) in [6.07, 6.45) is 5.97. The topological polar surface area (TPSA) is 125 Å². The van der Waals surface area contributed by atoms with Gasteiger partial charge in [0.1, 0.15) is 6.33 Å². The molecule has 5 rings (SSSR count). The van der Waals surface area contributed by atoms with Crippen molar-refractivity contribution in [1.29, 1.82) is 0 Å². The Labute approximate surface area is 259 Å².